The Morgan fingerprint density at radius 1 is 1.15 bits per heavy atom. The monoisotopic (exact) mass is 361 g/mol. The van der Waals surface area contributed by atoms with Crippen LogP contribution in [-0.4, -0.2) is 26.5 Å². The van der Waals surface area contributed by atoms with Crippen molar-refractivity contribution in [1.29, 1.82) is 0 Å². The van der Waals surface area contributed by atoms with Crippen molar-refractivity contribution in [2.75, 3.05) is 0 Å². The first kappa shape index (κ1) is 16.6. The van der Waals surface area contributed by atoms with Gasteiger partial charge in [0.2, 0.25) is 0 Å². The molecule has 1 aliphatic carbocycles. The van der Waals surface area contributed by atoms with Gasteiger partial charge in [-0.3, -0.25) is 0 Å². The first-order valence-electron chi connectivity index (χ1n) is 7.98. The minimum absolute atomic E-state index is 0.0188. The van der Waals surface area contributed by atoms with Crippen molar-refractivity contribution >= 4 is 11.6 Å². The Balaban J connectivity index is 1.78. The lowest BCUT2D eigenvalue weighted by atomic mass is 9.80. The van der Waals surface area contributed by atoms with Crippen LogP contribution in [0.25, 0.3) is 5.65 Å². The van der Waals surface area contributed by atoms with Crippen LogP contribution in [0.1, 0.15) is 33.2 Å². The van der Waals surface area contributed by atoms with E-state index in [-0.39, 0.29) is 17.5 Å². The molecule has 5 nitrogen and oxygen atoms in total. The molecule has 0 fully saturated rings. The van der Waals surface area contributed by atoms with E-state index in [4.69, 9.17) is 10.8 Å². The summed E-state index contributed by atoms with van der Waals surface area (Å²) in [5, 5.41) is 9.09. The number of pyridine rings is 1. The first-order valence-corrected chi connectivity index (χ1v) is 7.98. The number of rotatable bonds is 2. The summed E-state index contributed by atoms with van der Waals surface area (Å²) in [5.74, 6) is -4.83. The number of hydrogen-bond acceptors (Lipinski definition) is 3. The van der Waals surface area contributed by atoms with E-state index in [0.29, 0.717) is 23.8 Å². The summed E-state index contributed by atoms with van der Waals surface area (Å²) in [6, 6.07) is 3.76. The van der Waals surface area contributed by atoms with Gasteiger partial charge in [0, 0.05) is 36.3 Å². The molecule has 0 spiro atoms. The minimum atomic E-state index is -1.25. The quantitative estimate of drug-likeness (QED) is 0.688. The number of halogens is 3. The molecule has 0 unspecified atom stereocenters. The Morgan fingerprint density at radius 2 is 1.88 bits per heavy atom. The average Bonchev–Trinajstić information content (AvgIpc) is 2.94. The summed E-state index contributed by atoms with van der Waals surface area (Å²) in [6.45, 7) is 0. The van der Waals surface area contributed by atoms with Crippen molar-refractivity contribution in [1.82, 2.24) is 9.38 Å². The Kier molecular flexibility index (Phi) is 3.73. The van der Waals surface area contributed by atoms with Gasteiger partial charge in [-0.25, -0.2) is 22.9 Å². The highest BCUT2D eigenvalue weighted by molar-refractivity contribution is 5.88. The number of nitrogens with zero attached hydrogens (tertiary/aromatic N) is 2. The van der Waals surface area contributed by atoms with Crippen LogP contribution >= 0.6 is 0 Å². The van der Waals surface area contributed by atoms with E-state index in [9.17, 15) is 18.0 Å². The summed E-state index contributed by atoms with van der Waals surface area (Å²) in [6.07, 6.45) is 2.21. The van der Waals surface area contributed by atoms with Crippen LogP contribution < -0.4 is 5.73 Å². The molecule has 3 aromatic rings. The maximum atomic E-state index is 14.2. The van der Waals surface area contributed by atoms with Crippen LogP contribution in [0.4, 0.5) is 13.2 Å². The maximum Gasteiger partial charge on any atom is 0.335 e. The van der Waals surface area contributed by atoms with Crippen molar-refractivity contribution in [3.05, 3.63) is 70.4 Å². The Morgan fingerprint density at radius 3 is 2.62 bits per heavy atom. The van der Waals surface area contributed by atoms with E-state index in [1.165, 1.54) is 12.1 Å². The predicted octanol–water partition coefficient (Wildman–Crippen LogP) is 2.66. The van der Waals surface area contributed by atoms with E-state index < -0.39 is 35.4 Å². The molecule has 2 atom stereocenters. The molecule has 2 heterocycles. The van der Waals surface area contributed by atoms with Gasteiger partial charge in [0.1, 0.15) is 11.5 Å². The van der Waals surface area contributed by atoms with Gasteiger partial charge in [0.25, 0.3) is 0 Å². The zero-order chi connectivity index (χ0) is 18.6. The molecule has 1 aliphatic rings. The molecule has 26 heavy (non-hydrogen) atoms. The number of carbonyl (C=O) groups is 1. The minimum Gasteiger partial charge on any atom is -0.478 e. The number of carboxylic acid groups (broad SMARTS) is 1. The molecule has 2 aromatic heterocycles. The number of aromatic carboxylic acids is 1. The summed E-state index contributed by atoms with van der Waals surface area (Å²) in [4.78, 5) is 15.5. The van der Waals surface area contributed by atoms with Crippen LogP contribution in [0.5, 0.6) is 0 Å². The van der Waals surface area contributed by atoms with Crippen molar-refractivity contribution in [2.45, 2.75) is 24.8 Å². The fraction of sp³-hybridized carbons (Fsp3) is 0.222. The second kappa shape index (κ2) is 5.84. The third-order valence-electron chi connectivity index (χ3n) is 4.85. The molecule has 134 valence electrons. The fourth-order valence-corrected chi connectivity index (χ4v) is 3.54. The highest BCUT2D eigenvalue weighted by Crippen LogP contribution is 2.34. The second-order valence-electron chi connectivity index (χ2n) is 6.42. The van der Waals surface area contributed by atoms with Gasteiger partial charge in [-0.05, 0) is 30.2 Å². The molecular formula is C18H14F3N3O2. The Labute approximate surface area is 145 Å². The van der Waals surface area contributed by atoms with Crippen molar-refractivity contribution in [3.63, 3.8) is 0 Å². The number of hydrogen-bond donors (Lipinski definition) is 2. The van der Waals surface area contributed by atoms with Crippen LogP contribution in [0.15, 0.2) is 30.5 Å². The number of fused-ring (bicyclic) bond motifs is 3. The highest BCUT2D eigenvalue weighted by Gasteiger charge is 2.33. The number of carboxylic acids is 1. The third kappa shape index (κ3) is 2.53. The standard InChI is InChI=1S/C18H14F3N3O2/c19-11-6-13(21)12(20)4-9(11)10-5-15-16(7-14(10)22)24-2-1-8(18(25)26)3-17(24)23-15/h1-4,6,10,14H,5,7,22H2,(H,25,26)/t10-,14+/m1/s1. The zero-order valence-corrected chi connectivity index (χ0v) is 13.4. The number of imidazole rings is 1. The Hall–Kier alpha value is -2.87. The number of aromatic nitrogens is 2. The summed E-state index contributed by atoms with van der Waals surface area (Å²) in [7, 11) is 0. The van der Waals surface area contributed by atoms with E-state index in [2.05, 4.69) is 4.98 Å². The lowest BCUT2D eigenvalue weighted by Gasteiger charge is -2.29. The van der Waals surface area contributed by atoms with E-state index in [1.807, 2.05) is 0 Å². The topological polar surface area (TPSA) is 80.6 Å². The Bertz CT molecular complexity index is 1050. The van der Waals surface area contributed by atoms with Gasteiger partial charge in [-0.2, -0.15) is 0 Å². The molecule has 0 bridgehead atoms. The van der Waals surface area contributed by atoms with Crippen molar-refractivity contribution in [3.8, 4) is 0 Å². The fourth-order valence-electron chi connectivity index (χ4n) is 3.54. The largest absolute Gasteiger partial charge is 0.478 e. The van der Waals surface area contributed by atoms with Gasteiger partial charge in [0.05, 0.1) is 11.3 Å². The lowest BCUT2D eigenvalue weighted by molar-refractivity contribution is 0.0697. The first-order chi connectivity index (χ1) is 12.3. The molecule has 0 radical (unpaired) electrons. The second-order valence-corrected chi connectivity index (χ2v) is 6.42. The SMILES string of the molecule is N[C@H]1Cc2c(nc3cc(C(=O)O)ccn23)C[C@@H]1c1cc(F)c(F)cc1F. The van der Waals surface area contributed by atoms with Crippen molar-refractivity contribution < 1.29 is 23.1 Å². The lowest BCUT2D eigenvalue weighted by Crippen LogP contribution is -2.37. The van der Waals surface area contributed by atoms with Crippen molar-refractivity contribution in [2.24, 2.45) is 5.73 Å². The summed E-state index contributed by atoms with van der Waals surface area (Å²) < 4.78 is 42.7. The van der Waals surface area contributed by atoms with Crippen LogP contribution in [0, 0.1) is 17.5 Å². The van der Waals surface area contributed by atoms with Gasteiger partial charge < -0.3 is 15.2 Å². The predicted molar refractivity (Wildman–Crippen MR) is 86.6 cm³/mol. The van der Waals surface area contributed by atoms with E-state index in [1.54, 1.807) is 10.6 Å². The molecule has 3 N–H and O–H groups in total. The number of nitrogens with two attached hydrogens (primary N) is 1. The maximum absolute atomic E-state index is 14.2. The molecular weight excluding hydrogens is 347 g/mol. The van der Waals surface area contributed by atoms with E-state index >= 15 is 0 Å². The third-order valence-corrected chi connectivity index (χ3v) is 4.85. The van der Waals surface area contributed by atoms with Gasteiger partial charge in [0.15, 0.2) is 11.6 Å². The van der Waals surface area contributed by atoms with Gasteiger partial charge in [-0.15, -0.1) is 0 Å². The van der Waals surface area contributed by atoms with Crippen LogP contribution in [0.3, 0.4) is 0 Å². The normalized spacial score (nSPS) is 19.5. The van der Waals surface area contributed by atoms with E-state index in [0.717, 1.165) is 11.8 Å². The van der Waals surface area contributed by atoms with Crippen LogP contribution in [-0.2, 0) is 12.8 Å². The molecule has 1 aromatic carbocycles. The molecule has 0 aliphatic heterocycles. The molecule has 0 saturated carbocycles. The molecule has 0 saturated heterocycles. The average molecular weight is 361 g/mol. The highest BCUT2D eigenvalue weighted by atomic mass is 19.2. The zero-order valence-electron chi connectivity index (χ0n) is 13.4. The summed E-state index contributed by atoms with van der Waals surface area (Å²) in [5.41, 5.74) is 8.22. The van der Waals surface area contributed by atoms with Gasteiger partial charge in [-0.1, -0.05) is 0 Å². The van der Waals surface area contributed by atoms with Crippen LogP contribution in [0.2, 0.25) is 0 Å². The smallest absolute Gasteiger partial charge is 0.335 e. The molecule has 0 amide bonds. The summed E-state index contributed by atoms with van der Waals surface area (Å²) >= 11 is 0. The molecule has 4 rings (SSSR count). The number of benzene rings is 1. The van der Waals surface area contributed by atoms with Gasteiger partial charge >= 0.3 is 5.97 Å². The molecule has 8 heteroatoms.